The Kier molecular flexibility index (Phi) is 7.62. The van der Waals surface area contributed by atoms with E-state index < -0.39 is 59.6 Å². The third kappa shape index (κ3) is 4.23. The number of esters is 2. The Labute approximate surface area is 295 Å². The van der Waals surface area contributed by atoms with Crippen LogP contribution in [0.15, 0.2) is 11.6 Å². The zero-order valence-electron chi connectivity index (χ0n) is 31.2. The van der Waals surface area contributed by atoms with Crippen LogP contribution in [0.4, 0.5) is 0 Å². The number of carbonyl (C=O) groups is 2. The van der Waals surface area contributed by atoms with Gasteiger partial charge in [-0.2, -0.15) is 0 Å². The molecule has 280 valence electrons. The molecule has 11 heteroatoms. The Bertz CT molecular complexity index is 1490. The van der Waals surface area contributed by atoms with Gasteiger partial charge in [0.1, 0.15) is 30.0 Å². The van der Waals surface area contributed by atoms with Crippen molar-refractivity contribution in [2.24, 2.45) is 44.8 Å². The fourth-order valence-corrected chi connectivity index (χ4v) is 13.9. The highest BCUT2D eigenvalue weighted by atomic mass is 16.8. The first-order valence-corrected chi connectivity index (χ1v) is 19.0. The van der Waals surface area contributed by atoms with E-state index in [1.165, 1.54) is 19.4 Å². The number of rotatable bonds is 5. The van der Waals surface area contributed by atoms with Crippen LogP contribution in [0.3, 0.4) is 0 Å². The number of ether oxygens (including phenoxy) is 6. The molecule has 2 bridgehead atoms. The second-order valence-electron chi connectivity index (χ2n) is 19.0. The second-order valence-corrected chi connectivity index (χ2v) is 19.0. The number of fused-ring (bicyclic) bond motifs is 4. The number of hydrogen-bond acceptors (Lipinski definition) is 11. The summed E-state index contributed by atoms with van der Waals surface area (Å²) in [4.78, 5) is 23.8. The molecule has 50 heavy (non-hydrogen) atoms. The van der Waals surface area contributed by atoms with Gasteiger partial charge in [-0.1, -0.05) is 46.3 Å². The van der Waals surface area contributed by atoms with Crippen molar-refractivity contribution in [1.29, 1.82) is 0 Å². The smallest absolute Gasteiger partial charge is 0.303 e. The van der Waals surface area contributed by atoms with Gasteiger partial charge in [0, 0.05) is 25.2 Å². The van der Waals surface area contributed by atoms with E-state index in [2.05, 4.69) is 40.7 Å². The fourth-order valence-electron chi connectivity index (χ4n) is 13.9. The molecule has 0 unspecified atom stereocenters. The third-order valence-corrected chi connectivity index (χ3v) is 15.9. The summed E-state index contributed by atoms with van der Waals surface area (Å²) in [5, 5.41) is 34.2. The van der Waals surface area contributed by atoms with E-state index in [1.807, 2.05) is 13.8 Å². The Morgan fingerprint density at radius 3 is 2.40 bits per heavy atom. The van der Waals surface area contributed by atoms with E-state index in [4.69, 9.17) is 28.4 Å². The van der Waals surface area contributed by atoms with Gasteiger partial charge in [-0.05, 0) is 92.3 Å². The number of aliphatic hydroxyl groups excluding tert-OH is 3. The van der Waals surface area contributed by atoms with E-state index in [9.17, 15) is 24.9 Å². The minimum Gasteiger partial charge on any atom is -0.457 e. The van der Waals surface area contributed by atoms with Gasteiger partial charge >= 0.3 is 11.9 Å². The van der Waals surface area contributed by atoms with Gasteiger partial charge in [-0.3, -0.25) is 9.59 Å². The van der Waals surface area contributed by atoms with Crippen LogP contribution < -0.4 is 0 Å². The van der Waals surface area contributed by atoms with E-state index in [-0.39, 0.29) is 58.3 Å². The molecule has 0 amide bonds. The summed E-state index contributed by atoms with van der Waals surface area (Å²) >= 11 is 0. The van der Waals surface area contributed by atoms with Gasteiger partial charge in [0.15, 0.2) is 18.2 Å². The summed E-state index contributed by atoms with van der Waals surface area (Å²) in [6, 6.07) is 0. The normalized spacial score (nSPS) is 54.2. The molecule has 5 aliphatic carbocycles. The predicted molar refractivity (Wildman–Crippen MR) is 178 cm³/mol. The lowest BCUT2D eigenvalue weighted by Gasteiger charge is -2.60. The molecule has 3 saturated heterocycles. The van der Waals surface area contributed by atoms with Crippen LogP contribution in [0.2, 0.25) is 0 Å². The molecule has 16 atom stereocenters. The average molecular weight is 703 g/mol. The Morgan fingerprint density at radius 2 is 1.72 bits per heavy atom. The number of aliphatic hydroxyl groups is 3. The molecular formula is C39H58O11. The lowest BCUT2D eigenvalue weighted by atomic mass is 9.44. The molecule has 0 radical (unpaired) electrons. The highest BCUT2D eigenvalue weighted by Crippen LogP contribution is 2.89. The van der Waals surface area contributed by atoms with Gasteiger partial charge < -0.3 is 43.7 Å². The molecule has 8 rings (SSSR count). The van der Waals surface area contributed by atoms with E-state index in [0.29, 0.717) is 5.92 Å². The monoisotopic (exact) mass is 702 g/mol. The van der Waals surface area contributed by atoms with Crippen LogP contribution in [-0.2, 0) is 38.0 Å². The SMILES string of the molecule is CC(=O)O[C@@H]1[C@@H](O)[C@H](O[C@H]2CC[C@]34C[C@]35CC[C@]3(C)[C@H]6[C@H](C)C[C@H]7O[C@@]6(O[C@@H]7C(C)(C)OC(C)=O)[C@H](O)[C@@]3(C)C5=CC[C@H]4C2(C)C)OC[C@H]1O. The fraction of sp³-hybridized carbons (Fsp3) is 0.897. The molecule has 0 aromatic heterocycles. The molecule has 3 aliphatic heterocycles. The first-order valence-electron chi connectivity index (χ1n) is 19.0. The Morgan fingerprint density at radius 1 is 1.00 bits per heavy atom. The molecular weight excluding hydrogens is 644 g/mol. The van der Waals surface area contributed by atoms with Gasteiger partial charge in [0.25, 0.3) is 0 Å². The standard InChI is InChI=1S/C39H58O11/c1-19-16-23-30(34(6,7)48-21(3)41)50-39(49-23)29(19)35(8)14-15-38-18-37(38)13-12-26(47-31-27(43)28(46-20(2)40)22(42)17-45-31)33(4,5)24(37)10-11-25(38)36(35,9)32(39)44/h11,19,22-24,26-32,42-44H,10,12-18H2,1-9H3/t19-,22-,23-,24+,26+,27-,28+,29-,30+,31+,32-,35-,36-,37-,38+,39+/m1/s1. The summed E-state index contributed by atoms with van der Waals surface area (Å²) in [6.45, 7) is 17.8. The lowest BCUT2D eigenvalue weighted by molar-refractivity contribution is -0.302. The van der Waals surface area contributed by atoms with Crippen LogP contribution in [0.5, 0.6) is 0 Å². The van der Waals surface area contributed by atoms with Crippen molar-refractivity contribution in [3.8, 4) is 0 Å². The first-order chi connectivity index (χ1) is 23.2. The molecule has 7 fully saturated rings. The van der Waals surface area contributed by atoms with Crippen molar-refractivity contribution in [3.63, 3.8) is 0 Å². The molecule has 11 nitrogen and oxygen atoms in total. The summed E-state index contributed by atoms with van der Waals surface area (Å²) < 4.78 is 37.3. The average Bonchev–Trinajstić information content (AvgIpc) is 3.53. The van der Waals surface area contributed by atoms with E-state index in [0.717, 1.165) is 44.9 Å². The number of carbonyl (C=O) groups excluding carboxylic acids is 2. The third-order valence-electron chi connectivity index (χ3n) is 15.9. The zero-order chi connectivity index (χ0) is 36.2. The van der Waals surface area contributed by atoms with Crippen molar-refractivity contribution in [2.75, 3.05) is 6.61 Å². The lowest BCUT2D eigenvalue weighted by Crippen LogP contribution is -2.59. The van der Waals surface area contributed by atoms with Crippen molar-refractivity contribution in [3.05, 3.63) is 11.6 Å². The van der Waals surface area contributed by atoms with Crippen LogP contribution >= 0.6 is 0 Å². The topological polar surface area (TPSA) is 150 Å². The Hall–Kier alpha value is -1.60. The van der Waals surface area contributed by atoms with Crippen molar-refractivity contribution in [1.82, 2.24) is 0 Å². The summed E-state index contributed by atoms with van der Waals surface area (Å²) in [7, 11) is 0. The van der Waals surface area contributed by atoms with Crippen molar-refractivity contribution < 1.29 is 53.3 Å². The summed E-state index contributed by atoms with van der Waals surface area (Å²) in [5.74, 6) is -1.57. The Balaban J connectivity index is 1.09. The largest absolute Gasteiger partial charge is 0.457 e. The molecule has 0 aromatic carbocycles. The van der Waals surface area contributed by atoms with Crippen LogP contribution in [-0.4, -0.2) is 94.3 Å². The quantitative estimate of drug-likeness (QED) is 0.280. The minimum atomic E-state index is -1.30. The summed E-state index contributed by atoms with van der Waals surface area (Å²) in [5.41, 5.74) is -0.586. The van der Waals surface area contributed by atoms with Crippen LogP contribution in [0, 0.1) is 44.8 Å². The van der Waals surface area contributed by atoms with E-state index >= 15 is 0 Å². The minimum absolute atomic E-state index is 0.0214. The maximum Gasteiger partial charge on any atom is 0.303 e. The molecule has 3 heterocycles. The first kappa shape index (κ1) is 35.4. The van der Waals surface area contributed by atoms with E-state index in [1.54, 1.807) is 0 Å². The molecule has 3 N–H and O–H groups in total. The highest BCUT2D eigenvalue weighted by molar-refractivity contribution is 5.66. The zero-order valence-corrected chi connectivity index (χ0v) is 31.2. The van der Waals surface area contributed by atoms with Gasteiger partial charge in [0.2, 0.25) is 0 Å². The maximum atomic E-state index is 12.8. The van der Waals surface area contributed by atoms with Crippen molar-refractivity contribution >= 4 is 11.9 Å². The van der Waals surface area contributed by atoms with Crippen LogP contribution in [0.25, 0.3) is 0 Å². The predicted octanol–water partition coefficient (Wildman–Crippen LogP) is 4.18. The van der Waals surface area contributed by atoms with Crippen LogP contribution in [0.1, 0.15) is 107 Å². The molecule has 0 aromatic rings. The van der Waals surface area contributed by atoms with Gasteiger partial charge in [-0.25, -0.2) is 0 Å². The van der Waals surface area contributed by atoms with Gasteiger partial charge in [-0.15, -0.1) is 0 Å². The number of allylic oxidation sites excluding steroid dienone is 1. The number of hydrogen-bond donors (Lipinski definition) is 3. The molecule has 3 spiro atoms. The van der Waals surface area contributed by atoms with Crippen molar-refractivity contribution in [2.45, 2.75) is 168 Å². The maximum absolute atomic E-state index is 12.8. The summed E-state index contributed by atoms with van der Waals surface area (Å²) in [6.07, 6.45) is 2.51. The highest BCUT2D eigenvalue weighted by Gasteiger charge is 2.86. The van der Waals surface area contributed by atoms with Gasteiger partial charge in [0.05, 0.1) is 18.8 Å². The second kappa shape index (κ2) is 10.8. The molecule has 4 saturated carbocycles. The molecule has 8 aliphatic rings.